The highest BCUT2D eigenvalue weighted by Gasteiger charge is 2.29. The monoisotopic (exact) mass is 411 g/mol. The number of anilines is 1. The maximum atomic E-state index is 12.5. The molecular weight excluding hydrogens is 394 g/mol. The smallest absolute Gasteiger partial charge is 0.265 e. The van der Waals surface area contributed by atoms with Gasteiger partial charge in [-0.25, -0.2) is 9.97 Å². The summed E-state index contributed by atoms with van der Waals surface area (Å²) in [6.07, 6.45) is -0.0362. The molecule has 0 bridgehead atoms. The van der Waals surface area contributed by atoms with Gasteiger partial charge >= 0.3 is 0 Å². The first-order valence-electron chi connectivity index (χ1n) is 8.82. The summed E-state index contributed by atoms with van der Waals surface area (Å²) in [6.45, 7) is 3.91. The van der Waals surface area contributed by atoms with Crippen LogP contribution in [0.2, 0.25) is 5.02 Å². The molecule has 4 rings (SSSR count). The average Bonchev–Trinajstić information content (AvgIpc) is 3.06. The molecule has 3 aromatic rings. The first-order valence-corrected chi connectivity index (χ1v) is 10.0. The Morgan fingerprint density at radius 3 is 2.54 bits per heavy atom. The van der Waals surface area contributed by atoms with Gasteiger partial charge in [0.05, 0.1) is 0 Å². The van der Waals surface area contributed by atoms with Crippen molar-refractivity contribution in [2.24, 2.45) is 0 Å². The molecule has 1 aromatic heterocycles. The molecule has 0 saturated carbocycles. The summed E-state index contributed by atoms with van der Waals surface area (Å²) >= 11 is 7.49. The number of hydrogen-bond donors (Lipinski definition) is 1. The van der Waals surface area contributed by atoms with Crippen LogP contribution in [0.3, 0.4) is 0 Å². The van der Waals surface area contributed by atoms with Crippen molar-refractivity contribution < 1.29 is 9.53 Å². The summed E-state index contributed by atoms with van der Waals surface area (Å²) in [5.74, 6) is 0.537. The topological polar surface area (TPSA) is 64.1 Å². The number of nitrogens with one attached hydrogen (secondary N) is 1. The van der Waals surface area contributed by atoms with Gasteiger partial charge in [-0.15, -0.1) is 0 Å². The summed E-state index contributed by atoms with van der Waals surface area (Å²) in [5, 5.41) is 4.26. The van der Waals surface area contributed by atoms with Crippen LogP contribution in [0.15, 0.2) is 58.6 Å². The Labute approximate surface area is 172 Å². The molecule has 1 aliphatic rings. The van der Waals surface area contributed by atoms with Crippen LogP contribution in [0.4, 0.5) is 5.69 Å². The Kier molecular flexibility index (Phi) is 5.24. The maximum Gasteiger partial charge on any atom is 0.265 e. The first kappa shape index (κ1) is 18.8. The van der Waals surface area contributed by atoms with Crippen molar-refractivity contribution in [3.8, 4) is 5.75 Å². The lowest BCUT2D eigenvalue weighted by Gasteiger charge is -2.11. The molecule has 1 aliphatic heterocycles. The van der Waals surface area contributed by atoms with Gasteiger partial charge in [-0.1, -0.05) is 11.6 Å². The highest BCUT2D eigenvalue weighted by Crippen LogP contribution is 2.32. The second-order valence-electron chi connectivity index (χ2n) is 6.61. The number of carbonyl (C=O) groups is 1. The van der Waals surface area contributed by atoms with Crippen LogP contribution in [0.1, 0.15) is 17.0 Å². The van der Waals surface area contributed by atoms with Crippen LogP contribution in [0.25, 0.3) is 0 Å². The van der Waals surface area contributed by atoms with E-state index in [2.05, 4.69) is 15.3 Å². The number of benzene rings is 2. The average molecular weight is 412 g/mol. The van der Waals surface area contributed by atoms with Crippen molar-refractivity contribution in [1.29, 1.82) is 0 Å². The summed E-state index contributed by atoms with van der Waals surface area (Å²) < 4.78 is 5.73. The lowest BCUT2D eigenvalue weighted by atomic mass is 10.1. The molecule has 5 nitrogen and oxygen atoms in total. The van der Waals surface area contributed by atoms with Crippen LogP contribution < -0.4 is 10.1 Å². The maximum absolute atomic E-state index is 12.5. The van der Waals surface area contributed by atoms with E-state index in [1.165, 1.54) is 11.8 Å². The molecule has 0 fully saturated rings. The van der Waals surface area contributed by atoms with Gasteiger partial charge in [0.1, 0.15) is 5.75 Å². The van der Waals surface area contributed by atoms with E-state index >= 15 is 0 Å². The standard InChI is InChI=1S/C21H18ClN3O2S/c1-12-9-13(2)24-21(23-12)28-17-6-4-16(5-7-17)25-20(26)19-11-14-10-15(22)3-8-18(14)27-19/h3-10,19H,11H2,1-2H3,(H,25,26)/t19-/m1/s1. The van der Waals surface area contributed by atoms with E-state index in [1.807, 2.05) is 50.2 Å². The van der Waals surface area contributed by atoms with E-state index in [1.54, 1.807) is 12.1 Å². The van der Waals surface area contributed by atoms with Crippen molar-refractivity contribution in [2.75, 3.05) is 5.32 Å². The minimum Gasteiger partial charge on any atom is -0.480 e. The van der Waals surface area contributed by atoms with E-state index in [0.29, 0.717) is 28.0 Å². The van der Waals surface area contributed by atoms with E-state index in [4.69, 9.17) is 16.3 Å². The largest absolute Gasteiger partial charge is 0.480 e. The molecule has 1 N–H and O–H groups in total. The van der Waals surface area contributed by atoms with Gasteiger partial charge in [0.25, 0.3) is 5.91 Å². The van der Waals surface area contributed by atoms with Crippen molar-refractivity contribution in [3.63, 3.8) is 0 Å². The summed E-state index contributed by atoms with van der Waals surface area (Å²) in [7, 11) is 0. The zero-order chi connectivity index (χ0) is 19.7. The second kappa shape index (κ2) is 7.81. The predicted octanol–water partition coefficient (Wildman–Crippen LogP) is 4.84. The number of carbonyl (C=O) groups excluding carboxylic acids is 1. The molecule has 2 heterocycles. The fraction of sp³-hybridized carbons (Fsp3) is 0.190. The van der Waals surface area contributed by atoms with Crippen molar-refractivity contribution >= 4 is 35.0 Å². The summed E-state index contributed by atoms with van der Waals surface area (Å²) in [6, 6.07) is 14.9. The molecule has 1 atom stereocenters. The van der Waals surface area contributed by atoms with Gasteiger partial charge in [-0.05, 0) is 79.7 Å². The third kappa shape index (κ3) is 4.29. The fourth-order valence-corrected chi connectivity index (χ4v) is 4.09. The highest BCUT2D eigenvalue weighted by atomic mass is 35.5. The fourth-order valence-electron chi connectivity index (χ4n) is 3.04. The number of ether oxygens (including phenoxy) is 1. The molecule has 0 aliphatic carbocycles. The van der Waals surface area contributed by atoms with Crippen LogP contribution in [-0.2, 0) is 11.2 Å². The Balaban J connectivity index is 1.39. The van der Waals surface area contributed by atoms with Crippen molar-refractivity contribution in [2.45, 2.75) is 36.4 Å². The molecule has 28 heavy (non-hydrogen) atoms. The van der Waals surface area contributed by atoms with E-state index in [0.717, 1.165) is 21.8 Å². The number of aromatic nitrogens is 2. The van der Waals surface area contributed by atoms with Crippen LogP contribution in [0, 0.1) is 13.8 Å². The quantitative estimate of drug-likeness (QED) is 0.622. The Bertz CT molecular complexity index is 1020. The Morgan fingerprint density at radius 1 is 1.11 bits per heavy atom. The number of amides is 1. The van der Waals surface area contributed by atoms with E-state index in [9.17, 15) is 4.79 Å². The SMILES string of the molecule is Cc1cc(C)nc(Sc2ccc(NC(=O)[C@H]3Cc4cc(Cl)ccc4O3)cc2)n1. The number of fused-ring (bicyclic) bond motifs is 1. The molecule has 1 amide bonds. The summed E-state index contributed by atoms with van der Waals surface area (Å²) in [5.41, 5.74) is 3.55. The molecule has 0 spiro atoms. The normalized spacial score (nSPS) is 15.0. The van der Waals surface area contributed by atoms with E-state index in [-0.39, 0.29) is 5.91 Å². The van der Waals surface area contributed by atoms with Crippen molar-refractivity contribution in [1.82, 2.24) is 9.97 Å². The molecule has 0 unspecified atom stereocenters. The number of aryl methyl sites for hydroxylation is 2. The lowest BCUT2D eigenvalue weighted by Crippen LogP contribution is -2.31. The highest BCUT2D eigenvalue weighted by molar-refractivity contribution is 7.99. The molecule has 0 saturated heterocycles. The zero-order valence-electron chi connectivity index (χ0n) is 15.4. The molecular formula is C21H18ClN3O2S. The van der Waals surface area contributed by atoms with Gasteiger partial charge in [-0.2, -0.15) is 0 Å². The van der Waals surface area contributed by atoms with Gasteiger partial charge in [-0.3, -0.25) is 4.79 Å². The number of rotatable bonds is 4. The van der Waals surface area contributed by atoms with Crippen LogP contribution in [-0.4, -0.2) is 22.0 Å². The van der Waals surface area contributed by atoms with E-state index < -0.39 is 6.10 Å². The summed E-state index contributed by atoms with van der Waals surface area (Å²) in [4.78, 5) is 22.4. The van der Waals surface area contributed by atoms with Gasteiger partial charge < -0.3 is 10.1 Å². The molecule has 2 aromatic carbocycles. The number of nitrogens with zero attached hydrogens (tertiary/aromatic N) is 2. The third-order valence-electron chi connectivity index (χ3n) is 4.28. The zero-order valence-corrected chi connectivity index (χ0v) is 17.0. The van der Waals surface area contributed by atoms with Gasteiger partial charge in [0, 0.05) is 33.4 Å². The minimum atomic E-state index is -0.550. The molecule has 142 valence electrons. The second-order valence-corrected chi connectivity index (χ2v) is 8.09. The van der Waals surface area contributed by atoms with Crippen LogP contribution in [0.5, 0.6) is 5.75 Å². The third-order valence-corrected chi connectivity index (χ3v) is 5.39. The lowest BCUT2D eigenvalue weighted by molar-refractivity contribution is -0.122. The Hall–Kier alpha value is -2.57. The molecule has 0 radical (unpaired) electrons. The first-order chi connectivity index (χ1) is 13.5. The number of halogens is 1. The van der Waals surface area contributed by atoms with Crippen molar-refractivity contribution in [3.05, 3.63) is 70.5 Å². The van der Waals surface area contributed by atoms with Crippen LogP contribution >= 0.6 is 23.4 Å². The predicted molar refractivity (Wildman–Crippen MR) is 110 cm³/mol. The minimum absolute atomic E-state index is 0.176. The van der Waals surface area contributed by atoms with Gasteiger partial charge in [0.2, 0.25) is 0 Å². The van der Waals surface area contributed by atoms with Gasteiger partial charge in [0.15, 0.2) is 11.3 Å². The number of hydrogen-bond acceptors (Lipinski definition) is 5. The molecule has 7 heteroatoms. The Morgan fingerprint density at radius 2 is 1.82 bits per heavy atom.